The van der Waals surface area contributed by atoms with Crippen molar-refractivity contribution in [1.29, 1.82) is 0 Å². The van der Waals surface area contributed by atoms with Crippen LogP contribution in [0.15, 0.2) is 23.1 Å². The summed E-state index contributed by atoms with van der Waals surface area (Å²) in [6.07, 6.45) is 1.52. The van der Waals surface area contributed by atoms with Gasteiger partial charge in [0.15, 0.2) is 0 Å². The summed E-state index contributed by atoms with van der Waals surface area (Å²) in [5, 5.41) is 9.55. The van der Waals surface area contributed by atoms with Crippen LogP contribution in [0, 0.1) is 0 Å². The number of nitrogens with zero attached hydrogens (tertiary/aromatic N) is 2. The fraction of sp³-hybridized carbons (Fsp3) is 0.250. The van der Waals surface area contributed by atoms with E-state index in [1.165, 1.54) is 17.9 Å². The molecule has 2 aromatic rings. The molecule has 0 radical (unpaired) electrons. The number of hydrogen-bond donors (Lipinski definition) is 2. The van der Waals surface area contributed by atoms with Gasteiger partial charge in [-0.15, -0.1) is 0 Å². The van der Waals surface area contributed by atoms with Gasteiger partial charge in [0, 0.05) is 18.7 Å². The zero-order chi connectivity index (χ0) is 14.0. The molecule has 3 N–H and O–H groups in total. The second-order valence-corrected chi connectivity index (χ2v) is 3.92. The van der Waals surface area contributed by atoms with E-state index in [-0.39, 0.29) is 18.8 Å². The summed E-state index contributed by atoms with van der Waals surface area (Å²) >= 11 is 0. The van der Waals surface area contributed by atoms with E-state index < -0.39 is 17.1 Å². The second-order valence-electron chi connectivity index (χ2n) is 3.92. The van der Waals surface area contributed by atoms with Crippen molar-refractivity contribution in [2.24, 2.45) is 0 Å². The van der Waals surface area contributed by atoms with E-state index in [0.717, 1.165) is 0 Å². The highest BCUT2D eigenvalue weighted by Gasteiger charge is 2.20. The fourth-order valence-electron chi connectivity index (χ4n) is 1.90. The van der Waals surface area contributed by atoms with Crippen LogP contribution in [0.2, 0.25) is 0 Å². The van der Waals surface area contributed by atoms with Crippen LogP contribution in [-0.2, 0) is 11.3 Å². The van der Waals surface area contributed by atoms with E-state index in [1.807, 2.05) is 0 Å². The lowest BCUT2D eigenvalue weighted by Crippen LogP contribution is -2.30. The summed E-state index contributed by atoms with van der Waals surface area (Å²) in [5.74, 6) is -1.35. The molecule has 0 saturated heterocycles. The number of aromatic carboxylic acids is 1. The number of carboxylic acid groups (broad SMARTS) is 1. The molecule has 0 aliphatic carbocycles. The number of pyridine rings is 2. The molecule has 0 aromatic carbocycles. The maximum atomic E-state index is 12.2. The second kappa shape index (κ2) is 5.07. The molecule has 0 spiro atoms. The van der Waals surface area contributed by atoms with Crippen LogP contribution < -0.4 is 11.3 Å². The SMILES string of the molecule is COCCn1c(=O)c(C(=O)O)c(N)c2cccnc21. The van der Waals surface area contributed by atoms with Gasteiger partial charge in [0.05, 0.1) is 18.8 Å². The van der Waals surface area contributed by atoms with Gasteiger partial charge in [-0.05, 0) is 12.1 Å². The van der Waals surface area contributed by atoms with Crippen molar-refractivity contribution in [3.05, 3.63) is 34.2 Å². The summed E-state index contributed by atoms with van der Waals surface area (Å²) in [7, 11) is 1.50. The van der Waals surface area contributed by atoms with Gasteiger partial charge in [-0.1, -0.05) is 0 Å². The van der Waals surface area contributed by atoms with Crippen LogP contribution in [0.25, 0.3) is 11.0 Å². The molecule has 7 nitrogen and oxygen atoms in total. The molecule has 0 aliphatic rings. The zero-order valence-electron chi connectivity index (χ0n) is 10.3. The number of methoxy groups -OCH3 is 1. The largest absolute Gasteiger partial charge is 0.477 e. The molecule has 100 valence electrons. The Kier molecular flexibility index (Phi) is 3.48. The molecule has 0 fully saturated rings. The van der Waals surface area contributed by atoms with Gasteiger partial charge in [-0.25, -0.2) is 9.78 Å². The van der Waals surface area contributed by atoms with E-state index >= 15 is 0 Å². The van der Waals surface area contributed by atoms with Crippen molar-refractivity contribution in [1.82, 2.24) is 9.55 Å². The topological polar surface area (TPSA) is 107 Å². The number of nitrogens with two attached hydrogens (primary N) is 1. The Bertz CT molecular complexity index is 693. The third-order valence-corrected chi connectivity index (χ3v) is 2.79. The quantitative estimate of drug-likeness (QED) is 0.822. The van der Waals surface area contributed by atoms with Crippen molar-refractivity contribution in [3.63, 3.8) is 0 Å². The average molecular weight is 263 g/mol. The van der Waals surface area contributed by atoms with Crippen LogP contribution >= 0.6 is 0 Å². The minimum Gasteiger partial charge on any atom is -0.477 e. The van der Waals surface area contributed by atoms with Gasteiger partial charge < -0.3 is 15.6 Å². The van der Waals surface area contributed by atoms with Crippen molar-refractivity contribution >= 4 is 22.7 Å². The zero-order valence-corrected chi connectivity index (χ0v) is 10.3. The van der Waals surface area contributed by atoms with Crippen LogP contribution in [-0.4, -0.2) is 34.3 Å². The number of anilines is 1. The molecule has 0 saturated carbocycles. The molecule has 0 unspecified atom stereocenters. The number of aromatic nitrogens is 2. The first kappa shape index (κ1) is 13.0. The lowest BCUT2D eigenvalue weighted by atomic mass is 10.1. The molecule has 7 heteroatoms. The lowest BCUT2D eigenvalue weighted by molar-refractivity contribution is 0.0695. The summed E-state index contributed by atoms with van der Waals surface area (Å²) in [6.45, 7) is 0.484. The van der Waals surface area contributed by atoms with Crippen LogP contribution in [0.3, 0.4) is 0 Å². The Balaban J connectivity index is 2.84. The Morgan fingerprint density at radius 2 is 2.32 bits per heavy atom. The van der Waals surface area contributed by atoms with Crippen LogP contribution in [0.5, 0.6) is 0 Å². The maximum absolute atomic E-state index is 12.2. The van der Waals surface area contributed by atoms with E-state index in [2.05, 4.69) is 4.98 Å². The summed E-state index contributed by atoms with van der Waals surface area (Å²) < 4.78 is 6.18. The summed E-state index contributed by atoms with van der Waals surface area (Å²) in [6, 6.07) is 3.27. The van der Waals surface area contributed by atoms with E-state index in [0.29, 0.717) is 11.0 Å². The molecule has 2 heterocycles. The highest BCUT2D eigenvalue weighted by atomic mass is 16.5. The molecular weight excluding hydrogens is 250 g/mol. The van der Waals surface area contributed by atoms with Crippen molar-refractivity contribution < 1.29 is 14.6 Å². The van der Waals surface area contributed by atoms with Gasteiger partial charge in [-0.3, -0.25) is 9.36 Å². The van der Waals surface area contributed by atoms with E-state index in [9.17, 15) is 9.59 Å². The minimum atomic E-state index is -1.35. The Morgan fingerprint density at radius 3 is 2.95 bits per heavy atom. The smallest absolute Gasteiger partial charge is 0.343 e. The standard InChI is InChI=1S/C12H13N3O4/c1-19-6-5-15-10-7(3-2-4-14-10)9(13)8(11(15)16)12(17)18/h2-4H,5-6,13H2,1H3,(H,17,18). The molecule has 2 aromatic heterocycles. The normalized spacial score (nSPS) is 10.8. The first-order valence-electron chi connectivity index (χ1n) is 5.57. The molecule has 0 atom stereocenters. The lowest BCUT2D eigenvalue weighted by Gasteiger charge is -2.12. The predicted molar refractivity (Wildman–Crippen MR) is 69.3 cm³/mol. The molecule has 19 heavy (non-hydrogen) atoms. The number of carbonyl (C=O) groups is 1. The third kappa shape index (κ3) is 2.15. The van der Waals surface area contributed by atoms with Gasteiger partial charge in [0.2, 0.25) is 0 Å². The first-order valence-corrected chi connectivity index (χ1v) is 5.57. The highest BCUT2D eigenvalue weighted by Crippen LogP contribution is 2.20. The predicted octanol–water partition coefficient (Wildman–Crippen LogP) is 0.323. The number of carboxylic acids is 1. The monoisotopic (exact) mass is 263 g/mol. The van der Waals surface area contributed by atoms with Gasteiger partial charge in [-0.2, -0.15) is 0 Å². The number of ether oxygens (including phenoxy) is 1. The Hall–Kier alpha value is -2.41. The van der Waals surface area contributed by atoms with E-state index in [1.54, 1.807) is 12.1 Å². The Morgan fingerprint density at radius 1 is 1.58 bits per heavy atom. The molecule has 0 amide bonds. The number of fused-ring (bicyclic) bond motifs is 1. The highest BCUT2D eigenvalue weighted by molar-refractivity contribution is 6.02. The Labute approximate surface area is 108 Å². The maximum Gasteiger partial charge on any atom is 0.343 e. The number of hydrogen-bond acceptors (Lipinski definition) is 5. The van der Waals surface area contributed by atoms with Crippen LogP contribution in [0.1, 0.15) is 10.4 Å². The van der Waals surface area contributed by atoms with E-state index in [4.69, 9.17) is 15.6 Å². The van der Waals surface area contributed by atoms with Crippen molar-refractivity contribution in [2.45, 2.75) is 6.54 Å². The van der Waals surface area contributed by atoms with Gasteiger partial charge in [0.1, 0.15) is 11.2 Å². The molecule has 2 rings (SSSR count). The summed E-state index contributed by atoms with van der Waals surface area (Å²) in [5.41, 5.74) is 4.94. The van der Waals surface area contributed by atoms with Crippen LogP contribution in [0.4, 0.5) is 5.69 Å². The number of nitrogen functional groups attached to an aromatic ring is 1. The summed E-state index contributed by atoms with van der Waals surface area (Å²) in [4.78, 5) is 27.4. The van der Waals surface area contributed by atoms with Gasteiger partial charge >= 0.3 is 5.97 Å². The molecule has 0 aliphatic heterocycles. The van der Waals surface area contributed by atoms with Crippen molar-refractivity contribution in [3.8, 4) is 0 Å². The van der Waals surface area contributed by atoms with Gasteiger partial charge in [0.25, 0.3) is 5.56 Å². The average Bonchev–Trinajstić information content (AvgIpc) is 2.38. The molecule has 0 bridgehead atoms. The molecular formula is C12H13N3O4. The van der Waals surface area contributed by atoms with Crippen molar-refractivity contribution in [2.75, 3.05) is 19.5 Å². The first-order chi connectivity index (χ1) is 9.07. The fourth-order valence-corrected chi connectivity index (χ4v) is 1.90. The third-order valence-electron chi connectivity index (χ3n) is 2.79. The number of rotatable bonds is 4. The minimum absolute atomic E-state index is 0.0609.